The van der Waals surface area contributed by atoms with Gasteiger partial charge >= 0.3 is 5.97 Å². The lowest BCUT2D eigenvalue weighted by Gasteiger charge is -2.32. The monoisotopic (exact) mass is 264 g/mol. The molecule has 2 N–H and O–H groups in total. The Labute approximate surface area is 113 Å². The van der Waals surface area contributed by atoms with Gasteiger partial charge in [0.1, 0.15) is 5.75 Å². The summed E-state index contributed by atoms with van der Waals surface area (Å²) in [5.41, 5.74) is 0.763. The van der Waals surface area contributed by atoms with Crippen molar-refractivity contribution in [2.45, 2.75) is 31.8 Å². The molecule has 1 aliphatic carbocycles. The average Bonchev–Trinajstić information content (AvgIpc) is 2.46. The van der Waals surface area contributed by atoms with E-state index in [2.05, 4.69) is 0 Å². The Kier molecular flexibility index (Phi) is 4.43. The summed E-state index contributed by atoms with van der Waals surface area (Å²) in [7, 11) is 1.59. The van der Waals surface area contributed by atoms with Gasteiger partial charge < -0.3 is 14.9 Å². The fraction of sp³-hybridized carbons (Fsp3) is 0.533. The lowest BCUT2D eigenvalue weighted by atomic mass is 9.74. The molecule has 2 rings (SSSR count). The summed E-state index contributed by atoms with van der Waals surface area (Å²) in [4.78, 5) is 11.3. The minimum Gasteiger partial charge on any atom is -0.497 e. The highest BCUT2D eigenvalue weighted by atomic mass is 16.5. The molecule has 0 radical (unpaired) electrons. The van der Waals surface area contributed by atoms with Crippen molar-refractivity contribution in [3.05, 3.63) is 29.8 Å². The molecule has 0 heterocycles. The number of benzene rings is 1. The van der Waals surface area contributed by atoms with Crippen LogP contribution in [0.3, 0.4) is 0 Å². The summed E-state index contributed by atoms with van der Waals surface area (Å²) >= 11 is 0. The zero-order valence-electron chi connectivity index (χ0n) is 11.1. The third kappa shape index (κ3) is 3.07. The maximum absolute atomic E-state index is 11.3. The molecule has 0 bridgehead atoms. The van der Waals surface area contributed by atoms with E-state index in [-0.39, 0.29) is 5.92 Å². The normalized spacial score (nSPS) is 24.7. The number of carbonyl (C=O) groups is 1. The second-order valence-corrected chi connectivity index (χ2v) is 5.11. The first-order valence-electron chi connectivity index (χ1n) is 6.68. The zero-order chi connectivity index (χ0) is 13.8. The fourth-order valence-corrected chi connectivity index (χ4v) is 2.89. The summed E-state index contributed by atoms with van der Waals surface area (Å²) in [6, 6.07) is 7.18. The van der Waals surface area contributed by atoms with Gasteiger partial charge in [-0.05, 0) is 30.5 Å². The maximum atomic E-state index is 11.3. The molecule has 0 aliphatic heterocycles. The van der Waals surface area contributed by atoms with E-state index in [0.717, 1.165) is 30.6 Å². The van der Waals surface area contributed by atoms with Crippen molar-refractivity contribution < 1.29 is 19.7 Å². The smallest absolute Gasteiger partial charge is 0.306 e. The second-order valence-electron chi connectivity index (χ2n) is 5.11. The Hall–Kier alpha value is -1.55. The van der Waals surface area contributed by atoms with Crippen LogP contribution < -0.4 is 4.74 Å². The summed E-state index contributed by atoms with van der Waals surface area (Å²) in [5, 5.41) is 19.7. The highest BCUT2D eigenvalue weighted by molar-refractivity contribution is 5.70. The number of methoxy groups -OCH3 is 1. The number of hydrogen-bond acceptors (Lipinski definition) is 3. The van der Waals surface area contributed by atoms with E-state index in [1.807, 2.05) is 0 Å². The van der Waals surface area contributed by atoms with E-state index in [1.54, 1.807) is 31.4 Å². The van der Waals surface area contributed by atoms with Crippen molar-refractivity contribution in [2.24, 2.45) is 11.8 Å². The number of hydrogen-bond donors (Lipinski definition) is 2. The Morgan fingerprint density at radius 3 is 2.47 bits per heavy atom. The van der Waals surface area contributed by atoms with E-state index in [0.29, 0.717) is 6.42 Å². The molecule has 4 nitrogen and oxygen atoms in total. The number of rotatable bonds is 4. The van der Waals surface area contributed by atoms with Crippen LogP contribution in [0.25, 0.3) is 0 Å². The fourth-order valence-electron chi connectivity index (χ4n) is 2.89. The quantitative estimate of drug-likeness (QED) is 0.877. The third-order valence-electron chi connectivity index (χ3n) is 4.00. The lowest BCUT2D eigenvalue weighted by molar-refractivity contribution is -0.147. The number of ether oxygens (including phenoxy) is 1. The van der Waals surface area contributed by atoms with Gasteiger partial charge in [-0.1, -0.05) is 25.0 Å². The van der Waals surface area contributed by atoms with Crippen molar-refractivity contribution in [2.75, 3.05) is 7.11 Å². The van der Waals surface area contributed by atoms with Crippen LogP contribution >= 0.6 is 0 Å². The minimum atomic E-state index is -0.794. The van der Waals surface area contributed by atoms with Crippen molar-refractivity contribution >= 4 is 5.97 Å². The van der Waals surface area contributed by atoms with Crippen molar-refractivity contribution in [1.82, 2.24) is 0 Å². The van der Waals surface area contributed by atoms with Crippen LogP contribution in [-0.4, -0.2) is 23.3 Å². The molecule has 1 fully saturated rings. The van der Waals surface area contributed by atoms with Crippen LogP contribution in [0, 0.1) is 11.8 Å². The predicted molar refractivity (Wildman–Crippen MR) is 71.0 cm³/mol. The number of aliphatic carboxylic acids is 1. The van der Waals surface area contributed by atoms with Gasteiger partial charge in [-0.15, -0.1) is 0 Å². The van der Waals surface area contributed by atoms with Gasteiger partial charge in [0, 0.05) is 5.92 Å². The van der Waals surface area contributed by atoms with Gasteiger partial charge in [0.15, 0.2) is 0 Å². The molecule has 104 valence electrons. The van der Waals surface area contributed by atoms with Crippen LogP contribution in [0.5, 0.6) is 5.75 Å². The van der Waals surface area contributed by atoms with Gasteiger partial charge in [0.05, 0.1) is 19.1 Å². The topological polar surface area (TPSA) is 66.8 Å². The number of aliphatic hydroxyl groups excluding tert-OH is 1. The summed E-state index contributed by atoms with van der Waals surface area (Å²) in [6.07, 6.45) is 2.63. The highest BCUT2D eigenvalue weighted by Gasteiger charge is 2.35. The summed E-state index contributed by atoms with van der Waals surface area (Å²) in [6.45, 7) is 0. The first-order valence-corrected chi connectivity index (χ1v) is 6.68. The van der Waals surface area contributed by atoms with E-state index in [9.17, 15) is 15.0 Å². The van der Waals surface area contributed by atoms with Gasteiger partial charge in [0.25, 0.3) is 0 Å². The van der Waals surface area contributed by atoms with Crippen LogP contribution in [0.2, 0.25) is 0 Å². The Morgan fingerprint density at radius 2 is 1.89 bits per heavy atom. The molecular weight excluding hydrogens is 244 g/mol. The molecule has 3 atom stereocenters. The van der Waals surface area contributed by atoms with Gasteiger partial charge in [0.2, 0.25) is 0 Å². The third-order valence-corrected chi connectivity index (χ3v) is 4.00. The molecule has 0 spiro atoms. The molecule has 1 saturated carbocycles. The standard InChI is InChI=1S/C15H20O4/c1-19-11-8-6-10(7-9-11)14(16)12-4-2-3-5-13(12)15(17)18/h6-9,12-14,16H,2-5H2,1H3,(H,17,18). The van der Waals surface area contributed by atoms with E-state index < -0.39 is 18.0 Å². The largest absolute Gasteiger partial charge is 0.497 e. The molecule has 1 aromatic carbocycles. The lowest BCUT2D eigenvalue weighted by Crippen LogP contribution is -2.31. The van der Waals surface area contributed by atoms with E-state index in [1.165, 1.54) is 0 Å². The second kappa shape index (κ2) is 6.06. The SMILES string of the molecule is COc1ccc(C(O)C2CCCCC2C(=O)O)cc1. The van der Waals surface area contributed by atoms with Crippen LogP contribution in [0.15, 0.2) is 24.3 Å². The van der Waals surface area contributed by atoms with E-state index in [4.69, 9.17) is 4.74 Å². The highest BCUT2D eigenvalue weighted by Crippen LogP contribution is 2.39. The molecule has 4 heteroatoms. The van der Waals surface area contributed by atoms with Gasteiger partial charge in [-0.25, -0.2) is 0 Å². The van der Waals surface area contributed by atoms with Crippen molar-refractivity contribution in [3.8, 4) is 5.75 Å². The molecule has 3 unspecified atom stereocenters. The van der Waals surface area contributed by atoms with Crippen LogP contribution in [0.4, 0.5) is 0 Å². The predicted octanol–water partition coefficient (Wildman–Crippen LogP) is 2.62. The van der Waals surface area contributed by atoms with Gasteiger partial charge in [-0.3, -0.25) is 4.79 Å². The first kappa shape index (κ1) is 13.9. The average molecular weight is 264 g/mol. The Morgan fingerprint density at radius 1 is 1.26 bits per heavy atom. The number of carboxylic acids is 1. The van der Waals surface area contributed by atoms with Crippen LogP contribution in [-0.2, 0) is 4.79 Å². The zero-order valence-corrected chi connectivity index (χ0v) is 11.1. The molecule has 0 amide bonds. The molecule has 1 aromatic rings. The number of carboxylic acid groups (broad SMARTS) is 1. The molecule has 0 saturated heterocycles. The number of aliphatic hydroxyl groups is 1. The molecule has 19 heavy (non-hydrogen) atoms. The van der Waals surface area contributed by atoms with Crippen molar-refractivity contribution in [3.63, 3.8) is 0 Å². The van der Waals surface area contributed by atoms with Gasteiger partial charge in [-0.2, -0.15) is 0 Å². The van der Waals surface area contributed by atoms with Crippen LogP contribution in [0.1, 0.15) is 37.4 Å². The first-order chi connectivity index (χ1) is 9.13. The van der Waals surface area contributed by atoms with E-state index >= 15 is 0 Å². The van der Waals surface area contributed by atoms with Crippen molar-refractivity contribution in [1.29, 1.82) is 0 Å². The Balaban J connectivity index is 2.15. The minimum absolute atomic E-state index is 0.195. The Bertz CT molecular complexity index is 426. The molecular formula is C15H20O4. The molecule has 0 aromatic heterocycles. The molecule has 1 aliphatic rings. The summed E-state index contributed by atoms with van der Waals surface area (Å²) in [5.74, 6) is -0.697. The maximum Gasteiger partial charge on any atom is 0.306 e. The summed E-state index contributed by atoms with van der Waals surface area (Å²) < 4.78 is 5.08.